The van der Waals surface area contributed by atoms with Gasteiger partial charge in [-0.05, 0) is 53.9 Å². The Kier molecular flexibility index (Phi) is 5.38. The minimum Gasteiger partial charge on any atom is -0.490 e. The van der Waals surface area contributed by atoms with Gasteiger partial charge in [0.15, 0.2) is 9.84 Å². The molecule has 0 bridgehead atoms. The number of aryl methyl sites for hydroxylation is 1. The van der Waals surface area contributed by atoms with E-state index in [0.29, 0.717) is 18.0 Å². The summed E-state index contributed by atoms with van der Waals surface area (Å²) in [6, 6.07) is 13.1. The zero-order valence-electron chi connectivity index (χ0n) is 18.4. The van der Waals surface area contributed by atoms with Crippen molar-refractivity contribution in [1.29, 1.82) is 0 Å². The average molecular weight is 461 g/mol. The smallest absolute Gasteiger partial charge is 0.178 e. The molecule has 3 heterocycles. The molecule has 0 fully saturated rings. The summed E-state index contributed by atoms with van der Waals surface area (Å²) in [6.45, 7) is 4.82. The van der Waals surface area contributed by atoms with Crippen molar-refractivity contribution in [3.05, 3.63) is 72.9 Å². The summed E-state index contributed by atoms with van der Waals surface area (Å²) in [5.41, 5.74) is 4.42. The maximum atomic E-state index is 12.5. The second kappa shape index (κ2) is 8.37. The van der Waals surface area contributed by atoms with Crippen LogP contribution in [0.3, 0.4) is 0 Å². The van der Waals surface area contributed by atoms with E-state index in [2.05, 4.69) is 21.0 Å². The molecule has 0 radical (unpaired) electrons. The molecule has 33 heavy (non-hydrogen) atoms. The van der Waals surface area contributed by atoms with Crippen LogP contribution in [0.1, 0.15) is 12.5 Å². The molecular weight excluding hydrogens is 436 g/mol. The molecule has 0 unspecified atom stereocenters. The van der Waals surface area contributed by atoms with Gasteiger partial charge in [0.25, 0.3) is 0 Å². The minimum absolute atomic E-state index is 0.0613. The van der Waals surface area contributed by atoms with Gasteiger partial charge in [-0.25, -0.2) is 18.4 Å². The van der Waals surface area contributed by atoms with Crippen molar-refractivity contribution >= 4 is 31.8 Å². The number of benzene rings is 2. The monoisotopic (exact) mass is 460 g/mol. The van der Waals surface area contributed by atoms with Crippen LogP contribution in [-0.4, -0.2) is 40.3 Å². The molecule has 3 aromatic heterocycles. The van der Waals surface area contributed by atoms with E-state index in [1.165, 1.54) is 0 Å². The first-order valence-corrected chi connectivity index (χ1v) is 12.4. The van der Waals surface area contributed by atoms with Gasteiger partial charge < -0.3 is 14.3 Å². The lowest BCUT2D eigenvalue weighted by Gasteiger charge is -2.12. The molecular formula is C25H24N4O3S. The van der Waals surface area contributed by atoms with Crippen molar-refractivity contribution < 1.29 is 13.2 Å². The largest absolute Gasteiger partial charge is 0.490 e. The van der Waals surface area contributed by atoms with E-state index < -0.39 is 9.84 Å². The first kappa shape index (κ1) is 21.2. The van der Waals surface area contributed by atoms with Gasteiger partial charge in [-0.3, -0.25) is 0 Å². The number of ether oxygens (including phenoxy) is 1. The Labute approximate surface area is 192 Å². The molecule has 0 aliphatic rings. The molecule has 2 aromatic carbocycles. The van der Waals surface area contributed by atoms with Crippen LogP contribution in [0.25, 0.3) is 33.1 Å². The molecule has 1 N–H and O–H groups in total. The number of rotatable bonds is 7. The fourth-order valence-corrected chi connectivity index (χ4v) is 4.96. The summed E-state index contributed by atoms with van der Waals surface area (Å²) >= 11 is 0. The van der Waals surface area contributed by atoms with Gasteiger partial charge in [-0.1, -0.05) is 19.1 Å². The van der Waals surface area contributed by atoms with E-state index >= 15 is 0 Å². The number of pyridine rings is 1. The molecule has 168 valence electrons. The van der Waals surface area contributed by atoms with Gasteiger partial charge in [0.1, 0.15) is 18.0 Å². The minimum atomic E-state index is -3.31. The standard InChI is InChI=1S/C25H24N4O3S/c1-3-33(30,31)19-6-4-5-18(14-19)20-7-8-22(32-12-11-29-10-9-26-16-29)24-23(20)21-13-17(2)15-27-25(21)28-24/h4-10,13-16H,3,11-12H2,1-2H3,(H,27,28). The Morgan fingerprint density at radius 1 is 1.15 bits per heavy atom. The van der Waals surface area contributed by atoms with Crippen LogP contribution >= 0.6 is 0 Å². The predicted octanol–water partition coefficient (Wildman–Crippen LogP) is 4.76. The summed E-state index contributed by atoms with van der Waals surface area (Å²) in [5.74, 6) is 0.785. The Balaban J connectivity index is 1.65. The predicted molar refractivity (Wildman–Crippen MR) is 129 cm³/mol. The Morgan fingerprint density at radius 3 is 2.82 bits per heavy atom. The molecule has 0 spiro atoms. The second-order valence-corrected chi connectivity index (χ2v) is 10.3. The van der Waals surface area contributed by atoms with Crippen LogP contribution in [0.15, 0.2) is 72.3 Å². The molecule has 0 saturated heterocycles. The van der Waals surface area contributed by atoms with E-state index in [-0.39, 0.29) is 5.75 Å². The molecule has 0 amide bonds. The molecule has 0 aliphatic heterocycles. The van der Waals surface area contributed by atoms with Gasteiger partial charge >= 0.3 is 0 Å². The van der Waals surface area contributed by atoms with E-state index in [4.69, 9.17) is 4.74 Å². The maximum absolute atomic E-state index is 12.5. The Bertz CT molecular complexity index is 1550. The molecule has 5 aromatic rings. The zero-order chi connectivity index (χ0) is 23.0. The number of fused-ring (bicyclic) bond motifs is 3. The van der Waals surface area contributed by atoms with E-state index in [1.807, 2.05) is 42.1 Å². The van der Waals surface area contributed by atoms with Crippen LogP contribution in [0, 0.1) is 6.92 Å². The number of aromatic nitrogens is 4. The van der Waals surface area contributed by atoms with Gasteiger partial charge in [0, 0.05) is 29.4 Å². The fraction of sp³-hybridized carbons (Fsp3) is 0.200. The number of hydrogen-bond donors (Lipinski definition) is 1. The molecule has 5 rings (SSSR count). The van der Waals surface area contributed by atoms with Crippen molar-refractivity contribution in [2.75, 3.05) is 12.4 Å². The summed E-state index contributed by atoms with van der Waals surface area (Å²) in [7, 11) is -3.31. The van der Waals surface area contributed by atoms with E-state index in [9.17, 15) is 8.42 Å². The lowest BCUT2D eigenvalue weighted by molar-refractivity contribution is 0.301. The molecule has 7 nitrogen and oxygen atoms in total. The third-order valence-electron chi connectivity index (χ3n) is 5.75. The third-order valence-corrected chi connectivity index (χ3v) is 7.49. The number of aromatic amines is 1. The molecule has 0 saturated carbocycles. The number of nitrogens with one attached hydrogen (secondary N) is 1. The molecule has 0 atom stereocenters. The highest BCUT2D eigenvalue weighted by molar-refractivity contribution is 7.91. The third kappa shape index (κ3) is 3.98. The molecule has 0 aliphatic carbocycles. The topological polar surface area (TPSA) is 89.9 Å². The first-order chi connectivity index (χ1) is 16.0. The average Bonchev–Trinajstić information content (AvgIpc) is 3.47. The highest BCUT2D eigenvalue weighted by Gasteiger charge is 2.18. The van der Waals surface area contributed by atoms with Crippen LogP contribution in [0.4, 0.5) is 0 Å². The number of nitrogens with zero attached hydrogens (tertiary/aromatic N) is 3. The van der Waals surface area contributed by atoms with Crippen molar-refractivity contribution in [2.45, 2.75) is 25.3 Å². The summed E-state index contributed by atoms with van der Waals surface area (Å²) in [5, 5.41) is 1.94. The number of hydrogen-bond acceptors (Lipinski definition) is 5. The Hall–Kier alpha value is -3.65. The fourth-order valence-electron chi connectivity index (χ4n) is 4.03. The number of H-pyrrole nitrogens is 1. The Morgan fingerprint density at radius 2 is 2.03 bits per heavy atom. The van der Waals surface area contributed by atoms with Crippen LogP contribution < -0.4 is 4.74 Å². The second-order valence-electron chi connectivity index (χ2n) is 7.98. The van der Waals surface area contributed by atoms with Gasteiger partial charge in [-0.2, -0.15) is 0 Å². The first-order valence-electron chi connectivity index (χ1n) is 10.8. The van der Waals surface area contributed by atoms with Crippen LogP contribution in [0.5, 0.6) is 5.75 Å². The summed E-state index contributed by atoms with van der Waals surface area (Å²) < 4.78 is 33.1. The normalized spacial score (nSPS) is 11.9. The maximum Gasteiger partial charge on any atom is 0.178 e. The zero-order valence-corrected chi connectivity index (χ0v) is 19.3. The number of imidazole rings is 1. The van der Waals surface area contributed by atoms with E-state index in [1.54, 1.807) is 37.6 Å². The highest BCUT2D eigenvalue weighted by Crippen LogP contribution is 2.39. The summed E-state index contributed by atoms with van der Waals surface area (Å²) in [6.07, 6.45) is 7.22. The van der Waals surface area contributed by atoms with Gasteiger partial charge in [0.05, 0.1) is 29.0 Å². The number of sulfone groups is 1. The van der Waals surface area contributed by atoms with E-state index in [0.717, 1.165) is 44.4 Å². The van der Waals surface area contributed by atoms with Gasteiger partial charge in [0.2, 0.25) is 0 Å². The lowest BCUT2D eigenvalue weighted by Crippen LogP contribution is -2.06. The van der Waals surface area contributed by atoms with Crippen LogP contribution in [0.2, 0.25) is 0 Å². The van der Waals surface area contributed by atoms with Crippen molar-refractivity contribution in [2.24, 2.45) is 0 Å². The SMILES string of the molecule is CCS(=O)(=O)c1cccc(-c2ccc(OCCn3ccnc3)c3[nH]c4ncc(C)cc4c23)c1. The summed E-state index contributed by atoms with van der Waals surface area (Å²) in [4.78, 5) is 12.4. The van der Waals surface area contributed by atoms with Crippen molar-refractivity contribution in [3.63, 3.8) is 0 Å². The van der Waals surface area contributed by atoms with Crippen molar-refractivity contribution in [3.8, 4) is 16.9 Å². The highest BCUT2D eigenvalue weighted by atomic mass is 32.2. The lowest BCUT2D eigenvalue weighted by atomic mass is 9.99. The van der Waals surface area contributed by atoms with Gasteiger partial charge in [-0.15, -0.1) is 0 Å². The van der Waals surface area contributed by atoms with Crippen molar-refractivity contribution in [1.82, 2.24) is 19.5 Å². The molecule has 8 heteroatoms. The van der Waals surface area contributed by atoms with Crippen LogP contribution in [-0.2, 0) is 16.4 Å². The quantitative estimate of drug-likeness (QED) is 0.378.